The average molecular weight is 539 g/mol. The molecule has 2 saturated heterocycles. The van der Waals surface area contributed by atoms with E-state index in [9.17, 15) is 0 Å². The number of nitrogens with one attached hydrogen (secondary N) is 1. The van der Waals surface area contributed by atoms with Gasteiger partial charge in [-0.1, -0.05) is 15.9 Å². The van der Waals surface area contributed by atoms with Gasteiger partial charge in [0, 0.05) is 43.7 Å². The summed E-state index contributed by atoms with van der Waals surface area (Å²) in [5.41, 5.74) is 0. The summed E-state index contributed by atoms with van der Waals surface area (Å²) in [7, 11) is 1.85. The van der Waals surface area contributed by atoms with E-state index < -0.39 is 0 Å². The number of morpholine rings is 1. The summed E-state index contributed by atoms with van der Waals surface area (Å²) in [5, 5.41) is 3.41. The lowest BCUT2D eigenvalue weighted by Gasteiger charge is -2.32. The number of rotatable bonds is 5. The third-order valence-corrected chi connectivity index (χ3v) is 5.23. The van der Waals surface area contributed by atoms with Crippen molar-refractivity contribution < 1.29 is 9.47 Å². The molecule has 0 saturated carbocycles. The van der Waals surface area contributed by atoms with E-state index in [4.69, 9.17) is 9.47 Å². The van der Waals surface area contributed by atoms with Crippen molar-refractivity contribution in [2.24, 2.45) is 4.99 Å². The first-order chi connectivity index (χ1) is 12.3. The van der Waals surface area contributed by atoms with Gasteiger partial charge in [0.25, 0.3) is 0 Å². The molecule has 0 aliphatic carbocycles. The Hall–Kier alpha value is -0.580. The third kappa shape index (κ3) is 6.24. The minimum atomic E-state index is 0. The van der Waals surface area contributed by atoms with Gasteiger partial charge in [0.2, 0.25) is 0 Å². The van der Waals surface area contributed by atoms with Crippen LogP contribution in [0.15, 0.2) is 33.7 Å². The molecule has 1 N–H and O–H groups in total. The van der Waals surface area contributed by atoms with Gasteiger partial charge in [-0.3, -0.25) is 9.89 Å². The molecule has 146 valence electrons. The summed E-state index contributed by atoms with van der Waals surface area (Å²) in [5.74, 6) is 1.85. The number of ether oxygens (including phenoxy) is 2. The quantitative estimate of drug-likeness (QED) is 0.270. The van der Waals surface area contributed by atoms with Gasteiger partial charge in [0.05, 0.1) is 19.8 Å². The van der Waals surface area contributed by atoms with E-state index >= 15 is 0 Å². The first-order valence-electron chi connectivity index (χ1n) is 8.92. The van der Waals surface area contributed by atoms with E-state index in [-0.39, 0.29) is 24.0 Å². The van der Waals surface area contributed by atoms with Crippen LogP contribution in [-0.2, 0) is 4.74 Å². The first-order valence-corrected chi connectivity index (χ1v) is 9.71. The zero-order valence-electron chi connectivity index (χ0n) is 15.2. The van der Waals surface area contributed by atoms with Crippen molar-refractivity contribution in [1.29, 1.82) is 0 Å². The van der Waals surface area contributed by atoms with Gasteiger partial charge in [-0.05, 0) is 30.7 Å². The topological polar surface area (TPSA) is 49.3 Å². The van der Waals surface area contributed by atoms with Crippen LogP contribution in [0.1, 0.15) is 6.42 Å². The van der Waals surface area contributed by atoms with Gasteiger partial charge in [-0.2, -0.15) is 0 Å². The summed E-state index contributed by atoms with van der Waals surface area (Å²) in [6.07, 6.45) is 1.19. The number of hydrogen-bond donors (Lipinski definition) is 1. The van der Waals surface area contributed by atoms with E-state index in [1.807, 2.05) is 31.3 Å². The van der Waals surface area contributed by atoms with Crippen molar-refractivity contribution in [3.8, 4) is 5.75 Å². The lowest BCUT2D eigenvalue weighted by Crippen LogP contribution is -2.47. The van der Waals surface area contributed by atoms with Crippen LogP contribution in [-0.4, -0.2) is 81.4 Å². The van der Waals surface area contributed by atoms with Crippen LogP contribution in [0, 0.1) is 0 Å². The van der Waals surface area contributed by atoms with Gasteiger partial charge >= 0.3 is 0 Å². The fraction of sp³-hybridized carbons (Fsp3) is 0.611. The molecule has 26 heavy (non-hydrogen) atoms. The SMILES string of the molecule is CN=C(NCCOc1ccc(Br)cc1)N1CCC(N2CCOCC2)C1.I. The van der Waals surface area contributed by atoms with Crippen LogP contribution in [0.2, 0.25) is 0 Å². The summed E-state index contributed by atoms with van der Waals surface area (Å²) >= 11 is 3.43. The Kier molecular flexibility index (Phi) is 9.44. The molecule has 0 radical (unpaired) electrons. The first kappa shape index (κ1) is 21.7. The Morgan fingerprint density at radius 3 is 2.69 bits per heavy atom. The monoisotopic (exact) mass is 538 g/mol. The second-order valence-electron chi connectivity index (χ2n) is 6.31. The summed E-state index contributed by atoms with van der Waals surface area (Å²) in [4.78, 5) is 9.33. The van der Waals surface area contributed by atoms with E-state index in [0.717, 1.165) is 62.1 Å². The third-order valence-electron chi connectivity index (χ3n) is 4.70. The molecule has 2 heterocycles. The number of benzene rings is 1. The maximum atomic E-state index is 5.76. The Morgan fingerprint density at radius 1 is 1.27 bits per heavy atom. The molecular weight excluding hydrogens is 511 g/mol. The Balaban J connectivity index is 0.00000243. The number of halogens is 2. The number of guanidine groups is 1. The lowest BCUT2D eigenvalue weighted by molar-refractivity contribution is 0.0195. The van der Waals surface area contributed by atoms with Crippen LogP contribution in [0.5, 0.6) is 5.75 Å². The van der Waals surface area contributed by atoms with E-state index in [0.29, 0.717) is 12.6 Å². The van der Waals surface area contributed by atoms with Crippen molar-refractivity contribution in [3.05, 3.63) is 28.7 Å². The van der Waals surface area contributed by atoms with Crippen molar-refractivity contribution in [3.63, 3.8) is 0 Å². The molecule has 0 aromatic heterocycles. The van der Waals surface area contributed by atoms with Gasteiger partial charge < -0.3 is 19.7 Å². The molecule has 1 aromatic carbocycles. The zero-order valence-corrected chi connectivity index (χ0v) is 19.1. The molecule has 2 fully saturated rings. The number of aliphatic imine (C=N–C) groups is 1. The highest BCUT2D eigenvalue weighted by molar-refractivity contribution is 14.0. The highest BCUT2D eigenvalue weighted by Gasteiger charge is 2.30. The molecule has 0 bridgehead atoms. The maximum Gasteiger partial charge on any atom is 0.193 e. The zero-order chi connectivity index (χ0) is 17.5. The fourth-order valence-electron chi connectivity index (χ4n) is 3.37. The Labute approximate surface area is 181 Å². The number of hydrogen-bond acceptors (Lipinski definition) is 4. The normalized spacial score (nSPS) is 21.4. The maximum absolute atomic E-state index is 5.76. The minimum absolute atomic E-state index is 0. The van der Waals surface area contributed by atoms with Crippen molar-refractivity contribution in [2.75, 3.05) is 59.6 Å². The number of likely N-dealkylation sites (tertiary alicyclic amines) is 1. The number of nitrogens with zero attached hydrogens (tertiary/aromatic N) is 3. The summed E-state index contributed by atoms with van der Waals surface area (Å²) in [6.45, 7) is 7.25. The molecule has 1 aromatic rings. The van der Waals surface area contributed by atoms with Gasteiger partial charge in [-0.15, -0.1) is 24.0 Å². The Bertz CT molecular complexity index is 567. The van der Waals surface area contributed by atoms with Crippen LogP contribution >= 0.6 is 39.9 Å². The molecule has 0 amide bonds. The second-order valence-corrected chi connectivity index (χ2v) is 7.23. The molecular formula is C18H28BrIN4O2. The second kappa shape index (κ2) is 11.3. The smallest absolute Gasteiger partial charge is 0.193 e. The molecule has 8 heteroatoms. The average Bonchev–Trinajstić information content (AvgIpc) is 3.14. The van der Waals surface area contributed by atoms with Gasteiger partial charge in [0.1, 0.15) is 12.4 Å². The summed E-state index contributed by atoms with van der Waals surface area (Å²) in [6, 6.07) is 8.51. The van der Waals surface area contributed by atoms with Crippen LogP contribution in [0.3, 0.4) is 0 Å². The van der Waals surface area contributed by atoms with Gasteiger partial charge in [0.15, 0.2) is 5.96 Å². The molecule has 2 aliphatic heterocycles. The highest BCUT2D eigenvalue weighted by Crippen LogP contribution is 2.17. The van der Waals surface area contributed by atoms with E-state index in [1.165, 1.54) is 6.42 Å². The van der Waals surface area contributed by atoms with E-state index in [2.05, 4.69) is 36.0 Å². The molecule has 0 spiro atoms. The van der Waals surface area contributed by atoms with Crippen LogP contribution < -0.4 is 10.1 Å². The van der Waals surface area contributed by atoms with Crippen molar-refractivity contribution in [2.45, 2.75) is 12.5 Å². The largest absolute Gasteiger partial charge is 0.492 e. The molecule has 1 atom stereocenters. The predicted octanol–water partition coefficient (Wildman–Crippen LogP) is 2.43. The van der Waals surface area contributed by atoms with Crippen LogP contribution in [0.25, 0.3) is 0 Å². The molecule has 1 unspecified atom stereocenters. The Morgan fingerprint density at radius 2 is 2.00 bits per heavy atom. The van der Waals surface area contributed by atoms with E-state index in [1.54, 1.807) is 0 Å². The molecule has 2 aliphatic rings. The van der Waals surface area contributed by atoms with Gasteiger partial charge in [-0.25, -0.2) is 0 Å². The highest BCUT2D eigenvalue weighted by atomic mass is 127. The molecule has 3 rings (SSSR count). The lowest BCUT2D eigenvalue weighted by atomic mass is 10.2. The minimum Gasteiger partial charge on any atom is -0.492 e. The predicted molar refractivity (Wildman–Crippen MR) is 119 cm³/mol. The fourth-order valence-corrected chi connectivity index (χ4v) is 3.63. The van der Waals surface area contributed by atoms with Crippen molar-refractivity contribution >= 4 is 45.9 Å². The molecule has 6 nitrogen and oxygen atoms in total. The van der Waals surface area contributed by atoms with Crippen LogP contribution in [0.4, 0.5) is 0 Å². The standard InChI is InChI=1S/C18H27BrN4O2.HI/c1-20-18(21-7-11-25-17-4-2-15(19)3-5-17)23-8-6-16(14-23)22-9-12-24-13-10-22;/h2-5,16H,6-14H2,1H3,(H,20,21);1H. The summed E-state index contributed by atoms with van der Waals surface area (Å²) < 4.78 is 12.3. The van der Waals surface area contributed by atoms with Crippen molar-refractivity contribution in [1.82, 2.24) is 15.1 Å².